The largest absolute Gasteiger partial charge is 0.304 e. The Labute approximate surface area is 114 Å². The highest BCUT2D eigenvalue weighted by molar-refractivity contribution is 5.29. The fraction of sp³-hybridized carbons (Fsp3) is 0.467. The van der Waals surface area contributed by atoms with E-state index in [-0.39, 0.29) is 6.04 Å². The molecule has 1 aromatic carbocycles. The molecule has 0 bridgehead atoms. The van der Waals surface area contributed by atoms with Crippen molar-refractivity contribution < 1.29 is 0 Å². The molecule has 2 N–H and O–H groups in total. The molecule has 4 nitrogen and oxygen atoms in total. The van der Waals surface area contributed by atoms with Crippen LogP contribution in [0, 0.1) is 5.92 Å². The fourth-order valence-electron chi connectivity index (χ4n) is 2.30. The topological polar surface area (TPSA) is 53.6 Å². The summed E-state index contributed by atoms with van der Waals surface area (Å²) in [6, 6.07) is 8.79. The standard InChI is InChI=1S/C15H22N4/c1-4-16-14(15-17-10-18-19-15)13-7-5-6-12(9-13)8-11(2)3/h5-7,9-11,14,16H,4,8H2,1-3H3,(H,17,18,19). The minimum absolute atomic E-state index is 0.0830. The van der Waals surface area contributed by atoms with E-state index in [0.29, 0.717) is 5.92 Å². The highest BCUT2D eigenvalue weighted by Gasteiger charge is 2.16. The van der Waals surface area contributed by atoms with Crippen molar-refractivity contribution >= 4 is 0 Å². The molecule has 0 amide bonds. The van der Waals surface area contributed by atoms with Gasteiger partial charge in [-0.05, 0) is 30.0 Å². The summed E-state index contributed by atoms with van der Waals surface area (Å²) in [4.78, 5) is 4.27. The van der Waals surface area contributed by atoms with E-state index >= 15 is 0 Å². The maximum absolute atomic E-state index is 4.27. The van der Waals surface area contributed by atoms with Gasteiger partial charge in [0, 0.05) is 0 Å². The number of benzene rings is 1. The van der Waals surface area contributed by atoms with E-state index in [4.69, 9.17) is 0 Å². The zero-order chi connectivity index (χ0) is 13.7. The molecular weight excluding hydrogens is 236 g/mol. The monoisotopic (exact) mass is 258 g/mol. The first-order valence-corrected chi connectivity index (χ1v) is 6.88. The minimum Gasteiger partial charge on any atom is -0.304 e. The van der Waals surface area contributed by atoms with Crippen LogP contribution in [-0.4, -0.2) is 21.7 Å². The number of rotatable bonds is 6. The Hall–Kier alpha value is -1.68. The smallest absolute Gasteiger partial charge is 0.145 e. The first-order chi connectivity index (χ1) is 9.20. The maximum atomic E-state index is 4.27. The molecule has 0 aliphatic heterocycles. The van der Waals surface area contributed by atoms with Crippen molar-refractivity contribution in [1.82, 2.24) is 20.5 Å². The van der Waals surface area contributed by atoms with Crippen molar-refractivity contribution in [2.45, 2.75) is 33.2 Å². The summed E-state index contributed by atoms with van der Waals surface area (Å²) >= 11 is 0. The number of nitrogens with zero attached hydrogens (tertiary/aromatic N) is 2. The molecule has 0 spiro atoms. The molecule has 1 aromatic heterocycles. The van der Waals surface area contributed by atoms with Crippen molar-refractivity contribution in [3.8, 4) is 0 Å². The number of nitrogens with one attached hydrogen (secondary N) is 2. The predicted molar refractivity (Wildman–Crippen MR) is 76.9 cm³/mol. The van der Waals surface area contributed by atoms with Crippen molar-refractivity contribution in [2.75, 3.05) is 6.54 Å². The molecule has 0 aliphatic rings. The van der Waals surface area contributed by atoms with Gasteiger partial charge in [0.05, 0.1) is 6.04 Å². The SMILES string of the molecule is CCNC(c1cccc(CC(C)C)c1)c1ncn[nH]1. The van der Waals surface area contributed by atoms with Crippen LogP contribution in [0.3, 0.4) is 0 Å². The van der Waals surface area contributed by atoms with E-state index in [0.717, 1.165) is 18.8 Å². The summed E-state index contributed by atoms with van der Waals surface area (Å²) in [5.74, 6) is 1.53. The summed E-state index contributed by atoms with van der Waals surface area (Å²) in [6.45, 7) is 7.47. The highest BCUT2D eigenvalue weighted by Crippen LogP contribution is 2.20. The second-order valence-electron chi connectivity index (χ2n) is 5.20. The van der Waals surface area contributed by atoms with Gasteiger partial charge in [-0.3, -0.25) is 5.10 Å². The van der Waals surface area contributed by atoms with Crippen LogP contribution in [0.25, 0.3) is 0 Å². The molecule has 1 unspecified atom stereocenters. The van der Waals surface area contributed by atoms with E-state index in [1.165, 1.54) is 11.1 Å². The Kier molecular flexibility index (Phi) is 4.68. The van der Waals surface area contributed by atoms with E-state index in [9.17, 15) is 0 Å². The maximum Gasteiger partial charge on any atom is 0.145 e. The van der Waals surface area contributed by atoms with E-state index < -0.39 is 0 Å². The second-order valence-corrected chi connectivity index (χ2v) is 5.20. The number of hydrogen-bond donors (Lipinski definition) is 2. The van der Waals surface area contributed by atoms with Gasteiger partial charge in [0.25, 0.3) is 0 Å². The van der Waals surface area contributed by atoms with Crippen LogP contribution < -0.4 is 5.32 Å². The summed E-state index contributed by atoms with van der Waals surface area (Å²) < 4.78 is 0. The van der Waals surface area contributed by atoms with Crippen LogP contribution in [0.4, 0.5) is 0 Å². The summed E-state index contributed by atoms with van der Waals surface area (Å²) in [7, 11) is 0. The lowest BCUT2D eigenvalue weighted by atomic mass is 9.98. The van der Waals surface area contributed by atoms with Gasteiger partial charge in [0.1, 0.15) is 12.2 Å². The molecule has 0 saturated heterocycles. The fourth-order valence-corrected chi connectivity index (χ4v) is 2.30. The van der Waals surface area contributed by atoms with Gasteiger partial charge in [0.2, 0.25) is 0 Å². The molecule has 2 aromatic rings. The van der Waals surface area contributed by atoms with Crippen LogP contribution in [0.2, 0.25) is 0 Å². The number of aromatic nitrogens is 3. The molecule has 0 saturated carbocycles. The van der Waals surface area contributed by atoms with Gasteiger partial charge in [-0.25, -0.2) is 4.98 Å². The Bertz CT molecular complexity index is 491. The van der Waals surface area contributed by atoms with Crippen molar-refractivity contribution in [3.63, 3.8) is 0 Å². The lowest BCUT2D eigenvalue weighted by molar-refractivity contribution is 0.597. The van der Waals surface area contributed by atoms with Crippen molar-refractivity contribution in [2.24, 2.45) is 5.92 Å². The summed E-state index contributed by atoms with van der Waals surface area (Å²) in [5.41, 5.74) is 2.60. The first kappa shape index (κ1) is 13.7. The highest BCUT2D eigenvalue weighted by atomic mass is 15.2. The quantitative estimate of drug-likeness (QED) is 0.837. The third-order valence-corrected chi connectivity index (χ3v) is 3.04. The summed E-state index contributed by atoms with van der Waals surface area (Å²) in [6.07, 6.45) is 2.65. The van der Waals surface area contributed by atoms with Gasteiger partial charge in [-0.15, -0.1) is 0 Å². The third kappa shape index (κ3) is 3.64. The van der Waals surface area contributed by atoms with Gasteiger partial charge in [0.15, 0.2) is 0 Å². The molecule has 0 radical (unpaired) electrons. The number of aromatic amines is 1. The zero-order valence-electron chi connectivity index (χ0n) is 11.9. The van der Waals surface area contributed by atoms with Crippen LogP contribution in [0.1, 0.15) is 43.8 Å². The Morgan fingerprint density at radius 3 is 2.79 bits per heavy atom. The van der Waals surface area contributed by atoms with Gasteiger partial charge < -0.3 is 5.32 Å². The lowest BCUT2D eigenvalue weighted by Crippen LogP contribution is -2.23. The molecular formula is C15H22N4. The normalized spacial score (nSPS) is 12.8. The second kappa shape index (κ2) is 6.48. The minimum atomic E-state index is 0.0830. The zero-order valence-corrected chi connectivity index (χ0v) is 11.9. The van der Waals surface area contributed by atoms with Crippen LogP contribution >= 0.6 is 0 Å². The Morgan fingerprint density at radius 2 is 2.16 bits per heavy atom. The number of hydrogen-bond acceptors (Lipinski definition) is 3. The average Bonchev–Trinajstić information content (AvgIpc) is 2.89. The Morgan fingerprint density at radius 1 is 1.32 bits per heavy atom. The molecule has 0 aliphatic carbocycles. The molecule has 1 atom stereocenters. The molecule has 19 heavy (non-hydrogen) atoms. The van der Waals surface area contributed by atoms with Crippen molar-refractivity contribution in [1.29, 1.82) is 0 Å². The van der Waals surface area contributed by atoms with Gasteiger partial charge in [-0.1, -0.05) is 45.0 Å². The Balaban J connectivity index is 2.26. The molecule has 102 valence electrons. The third-order valence-electron chi connectivity index (χ3n) is 3.04. The van der Waals surface area contributed by atoms with Gasteiger partial charge in [-0.2, -0.15) is 5.10 Å². The average molecular weight is 258 g/mol. The molecule has 0 fully saturated rings. The van der Waals surface area contributed by atoms with E-state index in [1.807, 2.05) is 0 Å². The van der Waals surface area contributed by atoms with E-state index in [2.05, 4.69) is 65.5 Å². The van der Waals surface area contributed by atoms with Crippen LogP contribution in [0.15, 0.2) is 30.6 Å². The van der Waals surface area contributed by atoms with Crippen LogP contribution in [-0.2, 0) is 6.42 Å². The molecule has 1 heterocycles. The first-order valence-electron chi connectivity index (χ1n) is 6.88. The summed E-state index contributed by atoms with van der Waals surface area (Å²) in [5, 5.41) is 10.4. The lowest BCUT2D eigenvalue weighted by Gasteiger charge is -2.17. The van der Waals surface area contributed by atoms with E-state index in [1.54, 1.807) is 6.33 Å². The predicted octanol–water partition coefficient (Wildman–Crippen LogP) is 2.70. The molecule has 2 rings (SSSR count). The van der Waals surface area contributed by atoms with Crippen molar-refractivity contribution in [3.05, 3.63) is 47.5 Å². The number of H-pyrrole nitrogens is 1. The van der Waals surface area contributed by atoms with Gasteiger partial charge >= 0.3 is 0 Å². The molecule has 4 heteroatoms. The van der Waals surface area contributed by atoms with Crippen LogP contribution in [0.5, 0.6) is 0 Å².